The second-order valence-corrected chi connectivity index (χ2v) is 5.96. The maximum atomic E-state index is 3.63. The summed E-state index contributed by atoms with van der Waals surface area (Å²) in [4.78, 5) is 2.58. The molecule has 1 aromatic carbocycles. The number of nitrogens with one attached hydrogen (secondary N) is 1. The van der Waals surface area contributed by atoms with Crippen LogP contribution in [0.4, 0.5) is 0 Å². The van der Waals surface area contributed by atoms with Gasteiger partial charge in [0, 0.05) is 31.2 Å². The van der Waals surface area contributed by atoms with Crippen molar-refractivity contribution < 1.29 is 0 Å². The van der Waals surface area contributed by atoms with E-state index in [0.717, 1.165) is 26.1 Å². The fraction of sp³-hybridized carbons (Fsp3) is 0.600. The van der Waals surface area contributed by atoms with E-state index < -0.39 is 0 Å². The van der Waals surface area contributed by atoms with Crippen molar-refractivity contribution in [1.29, 1.82) is 0 Å². The van der Waals surface area contributed by atoms with E-state index in [-0.39, 0.29) is 5.54 Å². The highest BCUT2D eigenvalue weighted by molar-refractivity contribution is 5.16. The third-order valence-electron chi connectivity index (χ3n) is 3.53. The first-order valence-corrected chi connectivity index (χ1v) is 6.58. The Kier molecular flexibility index (Phi) is 3.85. The lowest BCUT2D eigenvalue weighted by Gasteiger charge is -2.42. The van der Waals surface area contributed by atoms with Gasteiger partial charge >= 0.3 is 0 Å². The van der Waals surface area contributed by atoms with Crippen molar-refractivity contribution in [1.82, 2.24) is 10.2 Å². The maximum absolute atomic E-state index is 3.63. The molecule has 17 heavy (non-hydrogen) atoms. The van der Waals surface area contributed by atoms with Crippen molar-refractivity contribution in [2.24, 2.45) is 0 Å². The van der Waals surface area contributed by atoms with Gasteiger partial charge in [-0.15, -0.1) is 0 Å². The third-order valence-corrected chi connectivity index (χ3v) is 3.53. The number of benzene rings is 1. The van der Waals surface area contributed by atoms with E-state index in [9.17, 15) is 0 Å². The normalized spacial score (nSPS) is 22.6. The summed E-state index contributed by atoms with van der Waals surface area (Å²) in [5.41, 5.74) is 1.72. The summed E-state index contributed by atoms with van der Waals surface area (Å²) in [6, 6.07) is 11.4. The molecule has 0 radical (unpaired) electrons. The van der Waals surface area contributed by atoms with Crippen LogP contribution < -0.4 is 5.32 Å². The Morgan fingerprint density at radius 1 is 1.24 bits per heavy atom. The molecule has 0 unspecified atom stereocenters. The standard InChI is InChI=1S/C15H24N2/c1-15(2,3)17-10-9-16-14(12-17)11-13-7-5-4-6-8-13/h4-8,14,16H,9-12H2,1-3H3/t14-/m1/s1. The van der Waals surface area contributed by atoms with Gasteiger partial charge in [0.15, 0.2) is 0 Å². The molecule has 1 aliphatic heterocycles. The SMILES string of the molecule is CC(C)(C)N1CCN[C@H](Cc2ccccc2)C1. The lowest BCUT2D eigenvalue weighted by atomic mass is 9.99. The Morgan fingerprint density at radius 3 is 2.59 bits per heavy atom. The van der Waals surface area contributed by atoms with E-state index in [0.29, 0.717) is 6.04 Å². The average Bonchev–Trinajstić information content (AvgIpc) is 2.29. The van der Waals surface area contributed by atoms with Crippen molar-refractivity contribution >= 4 is 0 Å². The van der Waals surface area contributed by atoms with Crippen LogP contribution in [0.15, 0.2) is 30.3 Å². The molecule has 0 amide bonds. The van der Waals surface area contributed by atoms with E-state index in [1.165, 1.54) is 5.56 Å². The van der Waals surface area contributed by atoms with Crippen molar-refractivity contribution in [3.8, 4) is 0 Å². The second kappa shape index (κ2) is 5.19. The summed E-state index contributed by atoms with van der Waals surface area (Å²) in [7, 11) is 0. The molecule has 94 valence electrons. The van der Waals surface area contributed by atoms with Crippen LogP contribution in [0, 0.1) is 0 Å². The number of piperazine rings is 1. The quantitative estimate of drug-likeness (QED) is 0.841. The zero-order valence-corrected chi connectivity index (χ0v) is 11.2. The molecular weight excluding hydrogens is 208 g/mol. The monoisotopic (exact) mass is 232 g/mol. The van der Waals surface area contributed by atoms with Gasteiger partial charge in [0.1, 0.15) is 0 Å². The molecule has 2 heteroatoms. The summed E-state index contributed by atoms with van der Waals surface area (Å²) in [6.07, 6.45) is 1.13. The molecule has 0 bridgehead atoms. The van der Waals surface area contributed by atoms with Gasteiger partial charge in [-0.05, 0) is 32.8 Å². The Morgan fingerprint density at radius 2 is 1.94 bits per heavy atom. The van der Waals surface area contributed by atoms with E-state index in [2.05, 4.69) is 61.3 Å². The molecule has 1 saturated heterocycles. The predicted molar refractivity (Wildman–Crippen MR) is 73.3 cm³/mol. The first-order valence-electron chi connectivity index (χ1n) is 6.58. The molecule has 1 fully saturated rings. The molecule has 2 nitrogen and oxygen atoms in total. The van der Waals surface area contributed by atoms with Crippen LogP contribution in [0.2, 0.25) is 0 Å². The van der Waals surface area contributed by atoms with Crippen molar-refractivity contribution in [3.63, 3.8) is 0 Å². The fourth-order valence-corrected chi connectivity index (χ4v) is 2.47. The van der Waals surface area contributed by atoms with Crippen LogP contribution in [0.3, 0.4) is 0 Å². The summed E-state index contributed by atoms with van der Waals surface area (Å²) in [5, 5.41) is 3.63. The Labute approximate surface area is 105 Å². The number of hydrogen-bond acceptors (Lipinski definition) is 2. The highest BCUT2D eigenvalue weighted by Gasteiger charge is 2.27. The molecule has 0 spiro atoms. The molecule has 1 N–H and O–H groups in total. The topological polar surface area (TPSA) is 15.3 Å². The van der Waals surface area contributed by atoms with Crippen molar-refractivity contribution in [3.05, 3.63) is 35.9 Å². The second-order valence-electron chi connectivity index (χ2n) is 5.96. The molecule has 1 aliphatic rings. The molecular formula is C15H24N2. The van der Waals surface area contributed by atoms with Crippen LogP contribution in [-0.4, -0.2) is 36.1 Å². The molecule has 1 atom stereocenters. The molecule has 0 aliphatic carbocycles. The smallest absolute Gasteiger partial charge is 0.0236 e. The molecule has 2 rings (SSSR count). The first kappa shape index (κ1) is 12.6. The summed E-state index contributed by atoms with van der Waals surface area (Å²) >= 11 is 0. The molecule has 1 heterocycles. The minimum Gasteiger partial charge on any atom is -0.311 e. The zero-order chi connectivity index (χ0) is 12.3. The Balaban J connectivity index is 1.94. The minimum atomic E-state index is 0.289. The lowest BCUT2D eigenvalue weighted by Crippen LogP contribution is -2.57. The van der Waals surface area contributed by atoms with Crippen LogP contribution in [0.25, 0.3) is 0 Å². The number of nitrogens with zero attached hydrogens (tertiary/aromatic N) is 1. The minimum absolute atomic E-state index is 0.289. The summed E-state index contributed by atoms with van der Waals surface area (Å²) in [5.74, 6) is 0. The highest BCUT2D eigenvalue weighted by atomic mass is 15.2. The Bertz CT molecular complexity index is 340. The van der Waals surface area contributed by atoms with Gasteiger partial charge in [-0.25, -0.2) is 0 Å². The predicted octanol–water partition coefficient (Wildman–Crippen LogP) is 2.30. The van der Waals surface area contributed by atoms with Crippen LogP contribution in [0.1, 0.15) is 26.3 Å². The van der Waals surface area contributed by atoms with Gasteiger partial charge in [-0.3, -0.25) is 4.90 Å². The van der Waals surface area contributed by atoms with Gasteiger partial charge < -0.3 is 5.32 Å². The zero-order valence-electron chi connectivity index (χ0n) is 11.2. The van der Waals surface area contributed by atoms with E-state index in [1.54, 1.807) is 0 Å². The Hall–Kier alpha value is -0.860. The van der Waals surface area contributed by atoms with Crippen molar-refractivity contribution in [2.45, 2.75) is 38.8 Å². The third kappa shape index (κ3) is 3.55. The average molecular weight is 232 g/mol. The van der Waals surface area contributed by atoms with E-state index >= 15 is 0 Å². The highest BCUT2D eigenvalue weighted by Crippen LogP contribution is 2.16. The summed E-state index contributed by atoms with van der Waals surface area (Å²) in [6.45, 7) is 10.3. The van der Waals surface area contributed by atoms with Crippen LogP contribution in [-0.2, 0) is 6.42 Å². The first-order chi connectivity index (χ1) is 8.05. The lowest BCUT2D eigenvalue weighted by molar-refractivity contribution is 0.0957. The van der Waals surface area contributed by atoms with Crippen LogP contribution >= 0.6 is 0 Å². The number of rotatable bonds is 2. The largest absolute Gasteiger partial charge is 0.311 e. The van der Waals surface area contributed by atoms with Gasteiger partial charge in [-0.1, -0.05) is 30.3 Å². The summed E-state index contributed by atoms with van der Waals surface area (Å²) < 4.78 is 0. The van der Waals surface area contributed by atoms with Crippen molar-refractivity contribution in [2.75, 3.05) is 19.6 Å². The molecule has 1 aromatic rings. The van der Waals surface area contributed by atoms with Gasteiger partial charge in [-0.2, -0.15) is 0 Å². The molecule has 0 saturated carbocycles. The van der Waals surface area contributed by atoms with Gasteiger partial charge in [0.05, 0.1) is 0 Å². The van der Waals surface area contributed by atoms with Gasteiger partial charge in [0.2, 0.25) is 0 Å². The van der Waals surface area contributed by atoms with E-state index in [1.807, 2.05) is 0 Å². The maximum Gasteiger partial charge on any atom is 0.0236 e. The van der Waals surface area contributed by atoms with Crippen LogP contribution in [0.5, 0.6) is 0 Å². The fourth-order valence-electron chi connectivity index (χ4n) is 2.47. The number of hydrogen-bond donors (Lipinski definition) is 1. The van der Waals surface area contributed by atoms with Gasteiger partial charge in [0.25, 0.3) is 0 Å². The molecule has 0 aromatic heterocycles. The van der Waals surface area contributed by atoms with E-state index in [4.69, 9.17) is 0 Å².